The number of rotatable bonds is 24. The zero-order valence-corrected chi connectivity index (χ0v) is 57.7. The van der Waals surface area contributed by atoms with Crippen LogP contribution in [0.4, 0.5) is 43.9 Å². The Morgan fingerprint density at radius 1 is 0.585 bits per heavy atom. The molecule has 4 heterocycles. The number of pyridine rings is 2. The van der Waals surface area contributed by atoms with Gasteiger partial charge in [-0.1, -0.05) is 121 Å². The summed E-state index contributed by atoms with van der Waals surface area (Å²) in [6.45, 7) is -8.03. The smallest absolute Gasteiger partial charge is 0.383 e. The summed E-state index contributed by atoms with van der Waals surface area (Å²) in [5.74, 6) is -10.4. The first kappa shape index (κ1) is 49.0. The Morgan fingerprint density at radius 2 is 1.15 bits per heavy atom. The predicted octanol–water partition coefficient (Wildman–Crippen LogP) is 17.7. The van der Waals surface area contributed by atoms with Crippen molar-refractivity contribution in [1.82, 2.24) is 28.7 Å². The molecule has 2 aliphatic rings. The van der Waals surface area contributed by atoms with E-state index < -0.39 is 256 Å². The molecule has 1 unspecified atom stereocenters. The second-order valence-corrected chi connectivity index (χ2v) is 26.0. The van der Waals surface area contributed by atoms with Crippen molar-refractivity contribution >= 4 is 57.1 Å². The summed E-state index contributed by atoms with van der Waals surface area (Å²) in [6, 6.07) is -1.92. The van der Waals surface area contributed by atoms with Crippen LogP contribution in [-0.4, -0.2) is 119 Å². The van der Waals surface area contributed by atoms with E-state index in [1.54, 1.807) is 41.3 Å². The number of thioether (sulfide) groups is 2. The predicted molar refractivity (Wildman–Crippen MR) is 395 cm³/mol. The zero-order valence-electron chi connectivity index (χ0n) is 84.0. The first-order valence-corrected chi connectivity index (χ1v) is 34.4. The molecule has 12 rings (SSSR count). The van der Waals surface area contributed by atoms with Crippen LogP contribution in [-0.2, 0) is 62.4 Å². The molecule has 0 saturated carbocycles. The summed E-state index contributed by atoms with van der Waals surface area (Å²) in [7, 11) is -5.37. The Labute approximate surface area is 655 Å². The molecule has 2 aromatic heterocycles. The van der Waals surface area contributed by atoms with Crippen LogP contribution in [0.5, 0.6) is 0 Å². The van der Waals surface area contributed by atoms with Crippen molar-refractivity contribution in [2.45, 2.75) is 111 Å². The lowest BCUT2D eigenvalue weighted by Gasteiger charge is -2.42. The number of likely N-dealkylation sites (tertiary alicyclic amines) is 2. The van der Waals surface area contributed by atoms with Crippen LogP contribution >= 0.6 is 23.5 Å². The van der Waals surface area contributed by atoms with Gasteiger partial charge in [0.15, 0.2) is 34.1 Å². The Hall–Kier alpha value is -9.04. The largest absolute Gasteiger partial charge is 0.416 e. The second kappa shape index (κ2) is 35.1. The van der Waals surface area contributed by atoms with Crippen LogP contribution in [0, 0.1) is 30.2 Å². The van der Waals surface area contributed by atoms with Gasteiger partial charge in [-0.2, -0.15) is 26.3 Å². The van der Waals surface area contributed by atoms with E-state index >= 15 is 14.0 Å². The third-order valence-corrected chi connectivity index (χ3v) is 19.3. The topological polar surface area (TPSA) is 110 Å². The summed E-state index contributed by atoms with van der Waals surface area (Å²) in [4.78, 5) is 62.9. The molecule has 2 saturated heterocycles. The van der Waals surface area contributed by atoms with Crippen LogP contribution in [0.2, 0.25) is 0 Å². The normalized spacial score (nSPS) is 19.2. The lowest BCUT2D eigenvalue weighted by atomic mass is 9.96. The Kier molecular flexibility index (Phi) is 16.2. The average Bonchev–Trinajstić information content (AvgIpc) is 0.713. The van der Waals surface area contributed by atoms with Gasteiger partial charge in [-0.15, -0.1) is 23.5 Å². The number of nitrogens with zero attached hydrogens (tertiary/aromatic N) is 6. The Morgan fingerprint density at radius 3 is 1.78 bits per heavy atom. The van der Waals surface area contributed by atoms with Crippen molar-refractivity contribution in [3.63, 3.8) is 0 Å². The second-order valence-electron chi connectivity index (χ2n) is 24.1. The monoisotopic (exact) mass is 1530 g/mol. The van der Waals surface area contributed by atoms with E-state index in [1.165, 1.54) is 48.2 Å². The SMILES string of the molecule is [2H]C([2H])([2H])OCCN1CCC(N(C(=O)C([2H])([2H])n2c(SCc3cccc(F)c3F)cc(=O)c3ccccc32)C([2H])(C)c2ccc(-c3ccc(C(F)(F)F)cc3)cc2)CC1.[2H]c1c([2H])c(F)c(F)c(CSc2c([2H])c(=O)c3c([2H])c(C)c([2H])c([2H])c3n2C([2H])([2H])C(=O)N(C2CCN(CCOC([2H])([2H])[2H])CC2)C([2H])([2H])c2c([2H])c([2H])c(-c3c([2H])c([2H])c(C(F)(F)F)c([2H])c3[2H])c([2H])c2[2H])c1[2H]. The molecule has 0 aliphatic carbocycles. The number of carbonyl (C=O) groups is 2. The van der Waals surface area contributed by atoms with Gasteiger partial charge in [-0.3, -0.25) is 19.2 Å². The van der Waals surface area contributed by atoms with Crippen molar-refractivity contribution < 1.29 is 101 Å². The van der Waals surface area contributed by atoms with E-state index in [0.717, 1.165) is 47.5 Å². The molecule has 0 spiro atoms. The Bertz CT molecular complexity index is 6280. The highest BCUT2D eigenvalue weighted by atomic mass is 32.2. The summed E-state index contributed by atoms with van der Waals surface area (Å²) >= 11 is 0.894. The van der Waals surface area contributed by atoms with Crippen molar-refractivity contribution in [3.8, 4) is 22.3 Å². The van der Waals surface area contributed by atoms with E-state index in [1.807, 2.05) is 4.90 Å². The number of halogens is 10. The van der Waals surface area contributed by atoms with Crippen LogP contribution in [0.3, 0.4) is 0 Å². The quantitative estimate of drug-likeness (QED) is 0.0428. The molecular weight excluding hydrogens is 1420 g/mol. The summed E-state index contributed by atoms with van der Waals surface area (Å²) in [5, 5.41) is -1.93. The minimum atomic E-state index is -5.45. The van der Waals surface area contributed by atoms with E-state index in [-0.39, 0.29) is 125 Å². The lowest BCUT2D eigenvalue weighted by molar-refractivity contribution is -0.138. The molecule has 8 aromatic carbocycles. The molecule has 10 aromatic rings. The molecule has 556 valence electrons. The fraction of sp³-hybridized carbons (Fsp3) is 0.317. The highest BCUT2D eigenvalue weighted by Crippen LogP contribution is 2.37. The minimum Gasteiger partial charge on any atom is -0.383 e. The number of aromatic nitrogens is 2. The highest BCUT2D eigenvalue weighted by Gasteiger charge is 2.35. The number of ether oxygens (including phenoxy) is 2. The third-order valence-electron chi connectivity index (χ3n) is 17.2. The molecule has 2 amide bonds. The molecule has 24 heteroatoms. The van der Waals surface area contributed by atoms with E-state index in [9.17, 15) is 58.7 Å². The lowest BCUT2D eigenvalue weighted by Crippen LogP contribution is -2.49. The van der Waals surface area contributed by atoms with Crippen LogP contribution in [0.1, 0.15) is 116 Å². The fourth-order valence-electron chi connectivity index (χ4n) is 11.7. The number of alkyl halides is 6. The van der Waals surface area contributed by atoms with E-state index in [2.05, 4.69) is 0 Å². The molecule has 2 fully saturated rings. The first-order valence-electron chi connectivity index (χ1n) is 46.5. The molecule has 0 N–H and O–H groups in total. The van der Waals surface area contributed by atoms with Crippen molar-refractivity contribution in [1.29, 1.82) is 0 Å². The van der Waals surface area contributed by atoms with Gasteiger partial charge < -0.3 is 38.2 Å². The fourth-order valence-corrected chi connectivity index (χ4v) is 13.6. The van der Waals surface area contributed by atoms with Gasteiger partial charge in [-0.05, 0) is 133 Å². The van der Waals surface area contributed by atoms with Crippen molar-refractivity contribution in [2.75, 3.05) is 66.6 Å². The molecule has 0 bridgehead atoms. The number of hydrogen-bond donors (Lipinski definition) is 0. The molecule has 1 atom stereocenters. The van der Waals surface area contributed by atoms with Gasteiger partial charge in [-0.25, -0.2) is 17.6 Å². The van der Waals surface area contributed by atoms with Crippen molar-refractivity contribution in [3.05, 3.63) is 270 Å². The van der Waals surface area contributed by atoms with Crippen molar-refractivity contribution in [2.24, 2.45) is 0 Å². The van der Waals surface area contributed by atoms with E-state index in [0.29, 0.717) is 24.2 Å². The average molecular weight is 1530 g/mol. The minimum absolute atomic E-state index is 0.0488. The molecular formula is C82H80F10N6O6S2. The zero-order chi connectivity index (χ0) is 99.8. The van der Waals surface area contributed by atoms with Crippen LogP contribution in [0.15, 0.2) is 207 Å². The third kappa shape index (κ3) is 19.2. The summed E-state index contributed by atoms with van der Waals surface area (Å²) in [5.41, 5.74) is -9.51. The van der Waals surface area contributed by atoms with Gasteiger partial charge in [0.1, 0.15) is 13.0 Å². The first-order chi connectivity index (χ1) is 62.0. The number of para-hydroxylation sites is 1. The standard InChI is InChI=1S/2C41H40F5N3O3S/c1-27(28-10-12-29(13-11-28)30-14-16-32(17-15-30)41(44,45)46)49(33-18-20-47(21-19-33)22-23-52-2)38(51)25-48-36-9-4-3-7-34(36)37(50)24-39(48)53-26-31-6-5-8-35(42)40(31)43;1-27-6-15-36-34(22-27)37(50)23-39(53-26-31-4-3-5-35(42)40(31)43)49(36)25-38(51)48(33-16-18-47(19-17-33)20-21-52-2)24-28-7-9-29(10-8-28)30-11-13-32(14-12-30)41(44,45)46/h3-17,24,27,33H,18-23,25-26H2,1-2H3;3-15,22-23,33H,16-21,24-26H2,1-2H3/i2D3,25D2,27D;2D3,3D,4D,5D,6D,7D,8D,9D,10D,11D,12D,13D,14D,15D,22D,23D,24D2,25D2. The van der Waals surface area contributed by atoms with Gasteiger partial charge >= 0.3 is 12.4 Å². The van der Waals surface area contributed by atoms with Crippen LogP contribution < -0.4 is 10.9 Å². The van der Waals surface area contributed by atoms with Crippen LogP contribution in [0.25, 0.3) is 44.1 Å². The van der Waals surface area contributed by atoms with E-state index in [4.69, 9.17) is 38.3 Å². The van der Waals surface area contributed by atoms with Gasteiger partial charge in [0, 0.05) is 117 Å². The highest BCUT2D eigenvalue weighted by molar-refractivity contribution is 7.98. The molecule has 12 nitrogen and oxygen atoms in total. The van der Waals surface area contributed by atoms with Gasteiger partial charge in [0.25, 0.3) is 0 Å². The van der Waals surface area contributed by atoms with Gasteiger partial charge in [0.2, 0.25) is 11.8 Å². The maximum Gasteiger partial charge on any atom is 0.416 e. The molecule has 2 aliphatic heterocycles. The summed E-state index contributed by atoms with van der Waals surface area (Å²) < 4.78 is 391. The summed E-state index contributed by atoms with van der Waals surface area (Å²) in [6.07, 6.45) is -10.2. The number of methoxy groups -OCH3 is 2. The number of fused-ring (bicyclic) bond motifs is 2. The molecule has 0 radical (unpaired) electrons. The maximum atomic E-state index is 15.6. The van der Waals surface area contributed by atoms with Gasteiger partial charge in [0.05, 0.1) is 89.8 Å². The number of piperidine rings is 2. The molecule has 106 heavy (non-hydrogen) atoms. The maximum absolute atomic E-state index is 15.6. The Balaban J connectivity index is 0.000000265. The number of benzene rings is 8. The number of amides is 2. The number of carbonyl (C=O) groups excluding carboxylic acids is 2. The number of hydrogen-bond acceptors (Lipinski definition) is 10.